The van der Waals surface area contributed by atoms with Crippen LogP contribution in [-0.2, 0) is 22.5 Å². The van der Waals surface area contributed by atoms with Crippen LogP contribution in [0.25, 0.3) is 0 Å². The van der Waals surface area contributed by atoms with Crippen LogP contribution in [0.4, 0.5) is 4.79 Å². The van der Waals surface area contributed by atoms with E-state index < -0.39 is 21.0 Å². The van der Waals surface area contributed by atoms with Crippen LogP contribution in [0.15, 0.2) is 0 Å². The van der Waals surface area contributed by atoms with Crippen molar-refractivity contribution in [2.75, 3.05) is 0 Å². The maximum absolute atomic E-state index is 8.56. The third-order valence-corrected chi connectivity index (χ3v) is 0. The molecule has 0 amide bonds. The van der Waals surface area contributed by atoms with Gasteiger partial charge in [0.1, 0.15) is 0 Å². The summed E-state index contributed by atoms with van der Waals surface area (Å²) < 4.78 is 16.8. The van der Waals surface area contributed by atoms with Gasteiger partial charge in [-0.3, -0.25) is 0 Å². The third kappa shape index (κ3) is 865000. The normalized spacial score (nSPS) is 4.50. The Morgan fingerprint density at radius 3 is 1.38 bits per heavy atom. The average molecular weight is 157 g/mol. The molecule has 0 aromatic carbocycles. The summed E-state index contributed by atoms with van der Waals surface area (Å²) in [5, 5.41) is 13.9. The first-order chi connectivity index (χ1) is 3.15. The molecule has 0 aliphatic carbocycles. The van der Waals surface area contributed by atoms with Gasteiger partial charge in [-0.1, -0.05) is 0 Å². The summed E-state index contributed by atoms with van der Waals surface area (Å²) in [6, 6.07) is 0. The molecular weight excluding hydrogens is 154 g/mol. The first-order valence-electron chi connectivity index (χ1n) is 0.960. The van der Waals surface area contributed by atoms with E-state index in [1.807, 2.05) is 0 Å². The molecule has 45 valence electrons. The molecule has 5 nitrogen and oxygen atoms in total. The molecule has 0 rings (SSSR count). The van der Waals surface area contributed by atoms with E-state index in [-0.39, 0.29) is 20.3 Å². The van der Waals surface area contributed by atoms with Crippen molar-refractivity contribution >= 4 is 6.16 Å². The molecule has 7 heteroatoms. The van der Waals surface area contributed by atoms with E-state index in [0.717, 1.165) is 0 Å². The molecule has 0 aliphatic rings. The Morgan fingerprint density at radius 2 is 1.38 bits per heavy atom. The van der Waals surface area contributed by atoms with Crippen molar-refractivity contribution in [3.05, 3.63) is 0 Å². The van der Waals surface area contributed by atoms with Crippen molar-refractivity contribution in [2.24, 2.45) is 0 Å². The summed E-state index contributed by atoms with van der Waals surface area (Å²) in [5.41, 5.74) is 0. The Hall–Kier alpha value is -0.0131. The van der Waals surface area contributed by atoms with Gasteiger partial charge in [0.05, 0.1) is 0 Å². The van der Waals surface area contributed by atoms with Gasteiger partial charge in [-0.15, -0.1) is 0 Å². The van der Waals surface area contributed by atoms with Crippen molar-refractivity contribution in [2.45, 2.75) is 0 Å². The van der Waals surface area contributed by atoms with Crippen LogP contribution in [0.5, 0.6) is 0 Å². The van der Waals surface area contributed by atoms with Crippen LogP contribution >= 0.6 is 0 Å². The van der Waals surface area contributed by atoms with Crippen molar-refractivity contribution in [1.29, 1.82) is 0 Å². The standard InChI is InChI=1S/CH2O3.Li.Mn.2O.H/c2-1(3)4;;;;;/h(H2,2,3,4);;;;;/q;+1;;;;-1. The van der Waals surface area contributed by atoms with E-state index in [1.54, 1.807) is 0 Å². The number of rotatable bonds is 0. The molecule has 0 aromatic heterocycles. The molecule has 0 unspecified atom stereocenters. The Kier molecular flexibility index (Phi) is 30.9. The Bertz CT molecular complexity index is 85.0. The molecule has 0 aromatic rings. The SMILES string of the molecule is O=C(O)O.[H-].[Li+].[O]=[Mn]=[O]. The summed E-state index contributed by atoms with van der Waals surface area (Å²) >= 11 is -1.44. The topological polar surface area (TPSA) is 91.7 Å². The van der Waals surface area contributed by atoms with Gasteiger partial charge < -0.3 is 11.6 Å². The zero-order valence-corrected chi connectivity index (χ0v) is 5.18. The van der Waals surface area contributed by atoms with Gasteiger partial charge in [-0.05, 0) is 0 Å². The van der Waals surface area contributed by atoms with E-state index in [1.165, 1.54) is 0 Å². The summed E-state index contributed by atoms with van der Waals surface area (Å²) in [4.78, 5) is 8.56. The zero-order chi connectivity index (χ0) is 6.28. The van der Waals surface area contributed by atoms with Gasteiger partial charge >= 0.3 is 47.5 Å². The van der Waals surface area contributed by atoms with Crippen molar-refractivity contribution in [3.63, 3.8) is 0 Å². The molecule has 2 N–H and O–H groups in total. The minimum absolute atomic E-state index is 0. The van der Waals surface area contributed by atoms with Crippen LogP contribution in [0.1, 0.15) is 1.43 Å². The summed E-state index contributed by atoms with van der Waals surface area (Å²) in [6.45, 7) is 0. The van der Waals surface area contributed by atoms with E-state index in [0.29, 0.717) is 0 Å². The van der Waals surface area contributed by atoms with Crippen molar-refractivity contribution in [1.82, 2.24) is 0 Å². The predicted octanol–water partition coefficient (Wildman–Crippen LogP) is -2.90. The molecule has 0 radical (unpaired) electrons. The van der Waals surface area contributed by atoms with Gasteiger partial charge in [0, 0.05) is 0 Å². The van der Waals surface area contributed by atoms with Crippen molar-refractivity contribution in [3.8, 4) is 0 Å². The summed E-state index contributed by atoms with van der Waals surface area (Å²) in [5.74, 6) is 0. The second kappa shape index (κ2) is 15.8. The van der Waals surface area contributed by atoms with Crippen molar-refractivity contribution < 1.29 is 57.8 Å². The minimum atomic E-state index is -1.83. The number of hydrogen-bond donors (Lipinski definition) is 2. The fraction of sp³-hybridized carbons (Fsp3) is 0. The summed E-state index contributed by atoms with van der Waals surface area (Å²) in [6.07, 6.45) is -1.83. The quantitative estimate of drug-likeness (QED) is 0.368. The van der Waals surface area contributed by atoms with Gasteiger partial charge in [0.25, 0.3) is 0 Å². The number of carbonyl (C=O) groups is 1. The molecule has 0 saturated heterocycles. The van der Waals surface area contributed by atoms with Crippen LogP contribution in [0.2, 0.25) is 0 Å². The van der Waals surface area contributed by atoms with E-state index >= 15 is 0 Å². The molecule has 0 bridgehead atoms. The molecule has 0 saturated carbocycles. The Morgan fingerprint density at radius 1 is 1.38 bits per heavy atom. The van der Waals surface area contributed by atoms with Crippen LogP contribution in [0.3, 0.4) is 0 Å². The van der Waals surface area contributed by atoms with Crippen LogP contribution in [0, 0.1) is 0 Å². The van der Waals surface area contributed by atoms with Crippen LogP contribution in [-0.4, -0.2) is 16.4 Å². The molecule has 0 atom stereocenters. The second-order valence-corrected chi connectivity index (χ2v) is 0.542. The van der Waals surface area contributed by atoms with E-state index in [4.69, 9.17) is 22.7 Å². The number of carboxylic acid groups (broad SMARTS) is 2. The van der Waals surface area contributed by atoms with E-state index in [2.05, 4.69) is 0 Å². The van der Waals surface area contributed by atoms with Gasteiger partial charge in [-0.2, -0.15) is 0 Å². The molecule has 0 heterocycles. The molecule has 0 spiro atoms. The first-order valence-corrected chi connectivity index (χ1v) is 1.92. The molecule has 8 heavy (non-hydrogen) atoms. The summed E-state index contributed by atoms with van der Waals surface area (Å²) in [7, 11) is 0. The molecular formula is CH3LiMnO5. The van der Waals surface area contributed by atoms with Gasteiger partial charge in [0.2, 0.25) is 0 Å². The second-order valence-electron chi connectivity index (χ2n) is 0.346. The van der Waals surface area contributed by atoms with E-state index in [9.17, 15) is 0 Å². The maximum atomic E-state index is 8.56. The fourth-order valence-electron chi connectivity index (χ4n) is 0. The Labute approximate surface area is 64.3 Å². The Balaban J connectivity index is -0.0000000233. The molecule has 0 aliphatic heterocycles. The predicted molar refractivity (Wildman–Crippen MR) is 13.1 cm³/mol. The monoisotopic (exact) mass is 157 g/mol. The molecule has 0 fully saturated rings. The third-order valence-electron chi connectivity index (χ3n) is 0. The van der Waals surface area contributed by atoms with Gasteiger partial charge in [-0.25, -0.2) is 4.79 Å². The average Bonchev–Trinajstić information content (AvgIpc) is 1.33. The van der Waals surface area contributed by atoms with Gasteiger partial charge in [0.15, 0.2) is 0 Å². The zero-order valence-electron chi connectivity index (χ0n) is 5.00. The first kappa shape index (κ1) is 15.7. The van der Waals surface area contributed by atoms with Crippen LogP contribution < -0.4 is 18.9 Å². The number of hydrogen-bond acceptors (Lipinski definition) is 3. The fourth-order valence-corrected chi connectivity index (χ4v) is 0.